The van der Waals surface area contributed by atoms with Gasteiger partial charge in [0, 0.05) is 19.0 Å². The molecule has 4 nitrogen and oxygen atoms in total. The van der Waals surface area contributed by atoms with E-state index in [0.29, 0.717) is 13.0 Å². The number of ketones is 1. The van der Waals surface area contributed by atoms with Gasteiger partial charge in [-0.05, 0) is 13.8 Å². The van der Waals surface area contributed by atoms with Crippen molar-refractivity contribution in [1.82, 2.24) is 5.32 Å². The van der Waals surface area contributed by atoms with Gasteiger partial charge in [-0.1, -0.05) is 0 Å². The molecule has 1 atom stereocenters. The van der Waals surface area contributed by atoms with Crippen LogP contribution in [-0.4, -0.2) is 44.3 Å². The van der Waals surface area contributed by atoms with E-state index in [2.05, 4.69) is 5.32 Å². The van der Waals surface area contributed by atoms with Crippen molar-refractivity contribution in [3.63, 3.8) is 0 Å². The Bertz CT molecular complexity index is 176. The maximum absolute atomic E-state index is 11.4. The summed E-state index contributed by atoms with van der Waals surface area (Å²) in [6.07, 6.45) is 0.627. The quantitative estimate of drug-likeness (QED) is 0.697. The van der Waals surface area contributed by atoms with Gasteiger partial charge in [-0.15, -0.1) is 0 Å². The summed E-state index contributed by atoms with van der Waals surface area (Å²) in [7, 11) is 0. The zero-order valence-electron chi connectivity index (χ0n) is 8.91. The average molecular weight is 201 g/mol. The van der Waals surface area contributed by atoms with E-state index in [1.807, 2.05) is 13.8 Å². The zero-order valence-corrected chi connectivity index (χ0v) is 8.91. The van der Waals surface area contributed by atoms with Crippen LogP contribution in [0.15, 0.2) is 0 Å². The molecule has 1 aliphatic rings. The highest BCUT2D eigenvalue weighted by molar-refractivity contribution is 5.80. The van der Waals surface area contributed by atoms with Gasteiger partial charge in [0.1, 0.15) is 6.61 Å². The first-order valence-corrected chi connectivity index (χ1v) is 5.13. The first-order valence-electron chi connectivity index (χ1n) is 5.13. The number of hydrogen-bond acceptors (Lipinski definition) is 4. The number of morpholine rings is 1. The first kappa shape index (κ1) is 11.6. The van der Waals surface area contributed by atoms with Crippen LogP contribution < -0.4 is 5.32 Å². The van der Waals surface area contributed by atoms with Crippen molar-refractivity contribution < 1.29 is 14.3 Å². The second kappa shape index (κ2) is 6.11. The fourth-order valence-electron chi connectivity index (χ4n) is 1.34. The summed E-state index contributed by atoms with van der Waals surface area (Å²) >= 11 is 0. The highest BCUT2D eigenvalue weighted by Gasteiger charge is 2.16. The zero-order chi connectivity index (χ0) is 10.4. The standard InChI is InChI=1S/C10H19NO3/c1-8(2)14-7-10(12)5-9-6-13-4-3-11-9/h8-9,11H,3-7H2,1-2H3. The van der Waals surface area contributed by atoms with Gasteiger partial charge < -0.3 is 14.8 Å². The SMILES string of the molecule is CC(C)OCC(=O)CC1COCCN1. The molecule has 1 fully saturated rings. The Hall–Kier alpha value is -0.450. The molecule has 0 aromatic carbocycles. The maximum Gasteiger partial charge on any atom is 0.160 e. The van der Waals surface area contributed by atoms with Crippen molar-refractivity contribution in [2.24, 2.45) is 0 Å². The minimum absolute atomic E-state index is 0.120. The van der Waals surface area contributed by atoms with Gasteiger partial charge in [-0.25, -0.2) is 0 Å². The lowest BCUT2D eigenvalue weighted by Crippen LogP contribution is -2.42. The summed E-state index contributed by atoms with van der Waals surface area (Å²) in [5, 5.41) is 3.24. The average Bonchev–Trinajstić information content (AvgIpc) is 2.16. The first-order chi connectivity index (χ1) is 6.68. The van der Waals surface area contributed by atoms with E-state index in [4.69, 9.17) is 9.47 Å². The maximum atomic E-state index is 11.4. The molecule has 0 spiro atoms. The number of carbonyl (C=O) groups excluding carboxylic acids is 1. The van der Waals surface area contributed by atoms with E-state index in [1.54, 1.807) is 0 Å². The van der Waals surface area contributed by atoms with Crippen LogP contribution in [0.25, 0.3) is 0 Å². The van der Waals surface area contributed by atoms with E-state index in [-0.39, 0.29) is 24.5 Å². The van der Waals surface area contributed by atoms with E-state index < -0.39 is 0 Å². The van der Waals surface area contributed by atoms with Crippen LogP contribution in [0.3, 0.4) is 0 Å². The Morgan fingerprint density at radius 1 is 1.64 bits per heavy atom. The fourth-order valence-corrected chi connectivity index (χ4v) is 1.34. The minimum Gasteiger partial charge on any atom is -0.379 e. The largest absolute Gasteiger partial charge is 0.379 e. The molecule has 0 aromatic rings. The Labute approximate surface area is 85.0 Å². The van der Waals surface area contributed by atoms with E-state index in [0.717, 1.165) is 13.2 Å². The second-order valence-electron chi connectivity index (χ2n) is 3.83. The molecule has 0 aliphatic carbocycles. The normalized spacial score (nSPS) is 22.6. The number of carbonyl (C=O) groups is 1. The molecule has 1 N–H and O–H groups in total. The van der Waals surface area contributed by atoms with Crippen LogP contribution in [0.2, 0.25) is 0 Å². The van der Waals surface area contributed by atoms with Gasteiger partial charge in [0.05, 0.1) is 19.3 Å². The Morgan fingerprint density at radius 3 is 3.00 bits per heavy atom. The third kappa shape index (κ3) is 4.69. The van der Waals surface area contributed by atoms with Crippen LogP contribution in [0.4, 0.5) is 0 Å². The van der Waals surface area contributed by atoms with Gasteiger partial charge >= 0.3 is 0 Å². The molecule has 1 heterocycles. The summed E-state index contributed by atoms with van der Waals surface area (Å²) in [5.41, 5.74) is 0. The van der Waals surface area contributed by atoms with Crippen LogP contribution in [0, 0.1) is 0 Å². The van der Waals surface area contributed by atoms with E-state index >= 15 is 0 Å². The molecular formula is C10H19NO3. The van der Waals surface area contributed by atoms with Gasteiger partial charge in [0.15, 0.2) is 5.78 Å². The molecule has 1 unspecified atom stereocenters. The predicted octanol–water partition coefficient (Wildman–Crippen LogP) is 0.359. The highest BCUT2D eigenvalue weighted by Crippen LogP contribution is 2.00. The predicted molar refractivity (Wildman–Crippen MR) is 53.3 cm³/mol. The molecule has 0 bridgehead atoms. The van der Waals surface area contributed by atoms with Crippen molar-refractivity contribution in [3.05, 3.63) is 0 Å². The lowest BCUT2D eigenvalue weighted by molar-refractivity contribution is -0.126. The fraction of sp³-hybridized carbons (Fsp3) is 0.900. The number of nitrogens with one attached hydrogen (secondary N) is 1. The summed E-state index contributed by atoms with van der Waals surface area (Å²) in [6.45, 7) is 6.28. The molecular weight excluding hydrogens is 182 g/mol. The summed E-state index contributed by atoms with van der Waals surface area (Å²) in [4.78, 5) is 11.4. The molecule has 82 valence electrons. The molecule has 0 aromatic heterocycles. The topological polar surface area (TPSA) is 47.6 Å². The Balaban J connectivity index is 2.12. The van der Waals surface area contributed by atoms with Crippen molar-refractivity contribution >= 4 is 5.78 Å². The Kier molecular flexibility index (Phi) is 5.07. The molecule has 1 saturated heterocycles. The van der Waals surface area contributed by atoms with Crippen molar-refractivity contribution in [1.29, 1.82) is 0 Å². The third-order valence-corrected chi connectivity index (χ3v) is 2.05. The smallest absolute Gasteiger partial charge is 0.160 e. The van der Waals surface area contributed by atoms with Crippen molar-refractivity contribution in [2.75, 3.05) is 26.4 Å². The molecule has 4 heteroatoms. The third-order valence-electron chi connectivity index (χ3n) is 2.05. The summed E-state index contributed by atoms with van der Waals surface area (Å²) < 4.78 is 10.5. The van der Waals surface area contributed by atoms with Gasteiger partial charge in [-0.3, -0.25) is 4.79 Å². The van der Waals surface area contributed by atoms with Crippen molar-refractivity contribution in [2.45, 2.75) is 32.4 Å². The minimum atomic E-state index is 0.120. The van der Waals surface area contributed by atoms with Crippen LogP contribution >= 0.6 is 0 Å². The van der Waals surface area contributed by atoms with E-state index in [9.17, 15) is 4.79 Å². The van der Waals surface area contributed by atoms with Gasteiger partial charge in [0.25, 0.3) is 0 Å². The molecule has 14 heavy (non-hydrogen) atoms. The summed E-state index contributed by atoms with van der Waals surface area (Å²) in [6, 6.07) is 0.173. The number of Topliss-reactive ketones (excluding diaryl/α,β-unsaturated/α-hetero) is 1. The molecule has 0 amide bonds. The number of rotatable bonds is 5. The molecule has 0 saturated carbocycles. The van der Waals surface area contributed by atoms with E-state index in [1.165, 1.54) is 0 Å². The molecule has 0 radical (unpaired) electrons. The molecule has 1 aliphatic heterocycles. The summed E-state index contributed by atoms with van der Waals surface area (Å²) in [5.74, 6) is 0.140. The molecule has 1 rings (SSSR count). The number of hydrogen-bond donors (Lipinski definition) is 1. The monoisotopic (exact) mass is 201 g/mol. The lowest BCUT2D eigenvalue weighted by atomic mass is 10.1. The highest BCUT2D eigenvalue weighted by atomic mass is 16.5. The van der Waals surface area contributed by atoms with Crippen LogP contribution in [0.5, 0.6) is 0 Å². The van der Waals surface area contributed by atoms with Crippen molar-refractivity contribution in [3.8, 4) is 0 Å². The van der Waals surface area contributed by atoms with Crippen LogP contribution in [0.1, 0.15) is 20.3 Å². The lowest BCUT2D eigenvalue weighted by Gasteiger charge is -2.23. The van der Waals surface area contributed by atoms with Crippen LogP contribution in [-0.2, 0) is 14.3 Å². The second-order valence-corrected chi connectivity index (χ2v) is 3.83. The Morgan fingerprint density at radius 2 is 2.43 bits per heavy atom. The van der Waals surface area contributed by atoms with Gasteiger partial charge in [0.2, 0.25) is 0 Å². The van der Waals surface area contributed by atoms with Gasteiger partial charge in [-0.2, -0.15) is 0 Å². The number of ether oxygens (including phenoxy) is 2.